The van der Waals surface area contributed by atoms with E-state index in [0.29, 0.717) is 6.10 Å². The number of hydrogen-bond acceptors (Lipinski definition) is 3. The molecule has 0 aromatic heterocycles. The monoisotopic (exact) mass is 283 g/mol. The Morgan fingerprint density at radius 3 is 2.19 bits per heavy atom. The summed E-state index contributed by atoms with van der Waals surface area (Å²) in [6.45, 7) is 0. The molecule has 0 amide bonds. The summed E-state index contributed by atoms with van der Waals surface area (Å²) in [5.74, 6) is 0.919. The summed E-state index contributed by atoms with van der Waals surface area (Å²) < 4.78 is 11.4. The summed E-state index contributed by atoms with van der Waals surface area (Å²) in [5, 5.41) is 0. The van der Waals surface area contributed by atoms with Gasteiger partial charge in [0.25, 0.3) is 0 Å². The van der Waals surface area contributed by atoms with Crippen LogP contribution in [0.15, 0.2) is 54.6 Å². The van der Waals surface area contributed by atoms with Gasteiger partial charge in [-0.1, -0.05) is 42.5 Å². The third kappa shape index (κ3) is 3.43. The van der Waals surface area contributed by atoms with Crippen LogP contribution in [0, 0.1) is 0 Å². The zero-order valence-electron chi connectivity index (χ0n) is 12.2. The second-order valence-electron chi connectivity index (χ2n) is 5.48. The van der Waals surface area contributed by atoms with Crippen LogP contribution in [0.25, 0.3) is 0 Å². The van der Waals surface area contributed by atoms with Gasteiger partial charge in [0.05, 0.1) is 12.1 Å². The Morgan fingerprint density at radius 1 is 0.952 bits per heavy atom. The molecule has 0 radical (unpaired) electrons. The molecule has 110 valence electrons. The Bertz CT molecular complexity index is 564. The number of hydrogen-bond donors (Lipinski definition) is 1. The molecule has 3 nitrogen and oxygen atoms in total. The topological polar surface area (TPSA) is 44.5 Å². The van der Waals surface area contributed by atoms with E-state index in [2.05, 4.69) is 0 Å². The minimum absolute atomic E-state index is 0.151. The van der Waals surface area contributed by atoms with Crippen LogP contribution in [0.5, 0.6) is 5.75 Å². The fourth-order valence-corrected chi connectivity index (χ4v) is 2.45. The molecule has 2 N–H and O–H groups in total. The molecule has 0 spiro atoms. The van der Waals surface area contributed by atoms with E-state index in [4.69, 9.17) is 15.2 Å². The van der Waals surface area contributed by atoms with E-state index in [1.807, 2.05) is 54.6 Å². The van der Waals surface area contributed by atoms with Gasteiger partial charge in [-0.25, -0.2) is 0 Å². The van der Waals surface area contributed by atoms with E-state index in [1.54, 1.807) is 7.11 Å². The maximum atomic E-state index is 6.38. The Morgan fingerprint density at radius 2 is 1.62 bits per heavy atom. The quantitative estimate of drug-likeness (QED) is 0.880. The van der Waals surface area contributed by atoms with E-state index >= 15 is 0 Å². The molecule has 1 aliphatic rings. The Hall–Kier alpha value is -1.84. The summed E-state index contributed by atoms with van der Waals surface area (Å²) in [6, 6.07) is 17.9. The second-order valence-corrected chi connectivity index (χ2v) is 5.48. The molecule has 3 heteroatoms. The van der Waals surface area contributed by atoms with Crippen molar-refractivity contribution in [1.82, 2.24) is 0 Å². The molecule has 0 heterocycles. The molecule has 2 unspecified atom stereocenters. The highest BCUT2D eigenvalue weighted by molar-refractivity contribution is 5.32. The number of ether oxygens (including phenoxy) is 2. The molecule has 1 aliphatic carbocycles. The van der Waals surface area contributed by atoms with Gasteiger partial charge in [0, 0.05) is 7.11 Å². The van der Waals surface area contributed by atoms with Gasteiger partial charge >= 0.3 is 0 Å². The van der Waals surface area contributed by atoms with Crippen molar-refractivity contribution in [3.63, 3.8) is 0 Å². The molecule has 1 fully saturated rings. The SMILES string of the molecule is COC(c1ccccc1)C(N)c1ccc(OC2CC2)cc1. The maximum absolute atomic E-state index is 6.38. The average molecular weight is 283 g/mol. The van der Waals surface area contributed by atoms with Crippen LogP contribution in [0.4, 0.5) is 0 Å². The largest absolute Gasteiger partial charge is 0.490 e. The third-order valence-electron chi connectivity index (χ3n) is 3.80. The van der Waals surface area contributed by atoms with E-state index in [-0.39, 0.29) is 12.1 Å². The van der Waals surface area contributed by atoms with Crippen LogP contribution in [-0.2, 0) is 4.74 Å². The van der Waals surface area contributed by atoms with Crippen molar-refractivity contribution in [3.05, 3.63) is 65.7 Å². The molecule has 2 atom stereocenters. The van der Waals surface area contributed by atoms with Crippen molar-refractivity contribution in [3.8, 4) is 5.75 Å². The predicted octanol–water partition coefficient (Wildman–Crippen LogP) is 3.62. The molecule has 3 rings (SSSR count). The fraction of sp³-hybridized carbons (Fsp3) is 0.333. The zero-order valence-corrected chi connectivity index (χ0v) is 12.2. The average Bonchev–Trinajstić information content (AvgIpc) is 3.34. The van der Waals surface area contributed by atoms with Gasteiger partial charge in [-0.2, -0.15) is 0 Å². The van der Waals surface area contributed by atoms with Crippen LogP contribution in [0.3, 0.4) is 0 Å². The Balaban J connectivity index is 1.74. The summed E-state index contributed by atoms with van der Waals surface area (Å²) >= 11 is 0. The highest BCUT2D eigenvalue weighted by Crippen LogP contribution is 2.31. The highest BCUT2D eigenvalue weighted by atomic mass is 16.5. The molecule has 21 heavy (non-hydrogen) atoms. The van der Waals surface area contributed by atoms with Crippen molar-refractivity contribution < 1.29 is 9.47 Å². The predicted molar refractivity (Wildman–Crippen MR) is 83.2 cm³/mol. The maximum Gasteiger partial charge on any atom is 0.119 e. The molecule has 1 saturated carbocycles. The Kier molecular flexibility index (Phi) is 4.23. The first kappa shape index (κ1) is 14.1. The van der Waals surface area contributed by atoms with Crippen LogP contribution in [0.2, 0.25) is 0 Å². The van der Waals surface area contributed by atoms with Gasteiger partial charge in [-0.05, 0) is 36.1 Å². The lowest BCUT2D eigenvalue weighted by atomic mass is 9.96. The van der Waals surface area contributed by atoms with Crippen molar-refractivity contribution >= 4 is 0 Å². The van der Waals surface area contributed by atoms with Gasteiger partial charge in [0.2, 0.25) is 0 Å². The van der Waals surface area contributed by atoms with Crippen molar-refractivity contribution in [2.75, 3.05) is 7.11 Å². The van der Waals surface area contributed by atoms with E-state index < -0.39 is 0 Å². The number of nitrogens with two attached hydrogens (primary N) is 1. The standard InChI is InChI=1S/C18H21NO2/c1-20-18(14-5-3-2-4-6-14)17(19)13-7-9-15(10-8-13)21-16-11-12-16/h2-10,16-18H,11-12,19H2,1H3. The molecular formula is C18H21NO2. The fourth-order valence-electron chi connectivity index (χ4n) is 2.45. The zero-order chi connectivity index (χ0) is 14.7. The molecule has 0 saturated heterocycles. The van der Waals surface area contributed by atoms with Gasteiger partial charge in [-0.3, -0.25) is 0 Å². The second kappa shape index (κ2) is 6.29. The van der Waals surface area contributed by atoms with E-state index in [1.165, 1.54) is 12.8 Å². The van der Waals surface area contributed by atoms with Crippen LogP contribution in [-0.4, -0.2) is 13.2 Å². The number of rotatable bonds is 6. The summed E-state index contributed by atoms with van der Waals surface area (Å²) in [5.41, 5.74) is 8.52. The van der Waals surface area contributed by atoms with Crippen LogP contribution < -0.4 is 10.5 Å². The number of benzene rings is 2. The molecule has 0 aliphatic heterocycles. The number of methoxy groups -OCH3 is 1. The third-order valence-corrected chi connectivity index (χ3v) is 3.80. The highest BCUT2D eigenvalue weighted by Gasteiger charge is 2.24. The lowest BCUT2D eigenvalue weighted by molar-refractivity contribution is 0.0801. The first-order valence-electron chi connectivity index (χ1n) is 7.38. The van der Waals surface area contributed by atoms with Crippen molar-refractivity contribution in [2.24, 2.45) is 5.73 Å². The normalized spacial score (nSPS) is 17.2. The van der Waals surface area contributed by atoms with E-state index in [9.17, 15) is 0 Å². The van der Waals surface area contributed by atoms with Gasteiger partial charge in [0.1, 0.15) is 11.9 Å². The lowest BCUT2D eigenvalue weighted by Crippen LogP contribution is -2.21. The minimum Gasteiger partial charge on any atom is -0.490 e. The summed E-state index contributed by atoms with van der Waals surface area (Å²) in [4.78, 5) is 0. The van der Waals surface area contributed by atoms with Crippen LogP contribution in [0.1, 0.15) is 36.1 Å². The lowest BCUT2D eigenvalue weighted by Gasteiger charge is -2.23. The van der Waals surface area contributed by atoms with Gasteiger partial charge in [-0.15, -0.1) is 0 Å². The minimum atomic E-state index is -0.202. The summed E-state index contributed by atoms with van der Waals surface area (Å²) in [6.07, 6.45) is 2.60. The molecule has 2 aromatic carbocycles. The first-order valence-corrected chi connectivity index (χ1v) is 7.38. The van der Waals surface area contributed by atoms with Crippen molar-refractivity contribution in [1.29, 1.82) is 0 Å². The van der Waals surface area contributed by atoms with Gasteiger partial charge in [0.15, 0.2) is 0 Å². The molecular weight excluding hydrogens is 262 g/mol. The smallest absolute Gasteiger partial charge is 0.119 e. The summed E-state index contributed by atoms with van der Waals surface area (Å²) in [7, 11) is 1.70. The van der Waals surface area contributed by atoms with Crippen molar-refractivity contribution in [2.45, 2.75) is 31.1 Å². The van der Waals surface area contributed by atoms with Gasteiger partial charge < -0.3 is 15.2 Å². The first-order chi connectivity index (χ1) is 10.3. The molecule has 0 bridgehead atoms. The van der Waals surface area contributed by atoms with Crippen LogP contribution >= 0.6 is 0 Å². The van der Waals surface area contributed by atoms with E-state index in [0.717, 1.165) is 16.9 Å². The Labute approximate surface area is 125 Å². The molecule has 2 aromatic rings.